The van der Waals surface area contributed by atoms with E-state index in [1.165, 1.54) is 22.3 Å². The summed E-state index contributed by atoms with van der Waals surface area (Å²) in [4.78, 5) is 10.9. The van der Waals surface area contributed by atoms with Crippen molar-refractivity contribution in [2.24, 2.45) is 0 Å². The van der Waals surface area contributed by atoms with E-state index < -0.39 is 12.0 Å². The van der Waals surface area contributed by atoms with Gasteiger partial charge in [-0.1, -0.05) is 30.3 Å². The van der Waals surface area contributed by atoms with Crippen molar-refractivity contribution in [2.75, 3.05) is 5.32 Å². The fraction of sp³-hybridized carbons (Fsp3) is 0.188. The Kier molecular flexibility index (Phi) is 2.75. The lowest BCUT2D eigenvalue weighted by atomic mass is 10.1. The van der Waals surface area contributed by atoms with Gasteiger partial charge in [-0.2, -0.15) is 0 Å². The standard InChI is InChI=1S/C16H15NO2/c1-10(16(18)19)17-13-6-7-15-12(9-13)8-11-4-2-3-5-14(11)15/h2-7,9-10,17H,8H2,1H3,(H,18,19). The Hall–Kier alpha value is -2.29. The molecule has 2 aromatic carbocycles. The fourth-order valence-corrected chi connectivity index (χ4v) is 2.55. The molecule has 2 aromatic rings. The Labute approximate surface area is 111 Å². The molecule has 0 spiro atoms. The lowest BCUT2D eigenvalue weighted by Crippen LogP contribution is -2.25. The largest absolute Gasteiger partial charge is 0.480 e. The van der Waals surface area contributed by atoms with Gasteiger partial charge in [0.25, 0.3) is 0 Å². The summed E-state index contributed by atoms with van der Waals surface area (Å²) in [5.41, 5.74) is 5.99. The van der Waals surface area contributed by atoms with Crippen LogP contribution in [-0.2, 0) is 11.2 Å². The van der Waals surface area contributed by atoms with E-state index in [9.17, 15) is 4.79 Å². The van der Waals surface area contributed by atoms with Crippen LogP contribution in [0.3, 0.4) is 0 Å². The van der Waals surface area contributed by atoms with Crippen molar-refractivity contribution in [1.29, 1.82) is 0 Å². The Morgan fingerprint density at radius 1 is 1.16 bits per heavy atom. The zero-order valence-electron chi connectivity index (χ0n) is 10.7. The van der Waals surface area contributed by atoms with Gasteiger partial charge in [0.2, 0.25) is 0 Å². The average Bonchev–Trinajstić information content (AvgIpc) is 2.76. The lowest BCUT2D eigenvalue weighted by Gasteiger charge is -2.12. The third kappa shape index (κ3) is 2.08. The number of carboxylic acid groups (broad SMARTS) is 1. The Balaban J connectivity index is 1.91. The topological polar surface area (TPSA) is 49.3 Å². The monoisotopic (exact) mass is 253 g/mol. The summed E-state index contributed by atoms with van der Waals surface area (Å²) in [5.74, 6) is -0.844. The van der Waals surface area contributed by atoms with E-state index in [0.29, 0.717) is 0 Å². The highest BCUT2D eigenvalue weighted by molar-refractivity contribution is 5.80. The molecule has 0 bridgehead atoms. The molecule has 3 rings (SSSR count). The van der Waals surface area contributed by atoms with Crippen LogP contribution in [0.4, 0.5) is 5.69 Å². The molecule has 0 fully saturated rings. The average molecular weight is 253 g/mol. The second kappa shape index (κ2) is 4.43. The highest BCUT2D eigenvalue weighted by atomic mass is 16.4. The third-order valence-electron chi connectivity index (χ3n) is 3.55. The van der Waals surface area contributed by atoms with Crippen molar-refractivity contribution in [1.82, 2.24) is 0 Å². The Bertz CT molecular complexity index is 649. The zero-order valence-corrected chi connectivity index (χ0v) is 10.7. The minimum absolute atomic E-state index is 0.582. The molecule has 2 N–H and O–H groups in total. The van der Waals surface area contributed by atoms with Crippen molar-refractivity contribution in [3.05, 3.63) is 53.6 Å². The van der Waals surface area contributed by atoms with Gasteiger partial charge in [0, 0.05) is 5.69 Å². The third-order valence-corrected chi connectivity index (χ3v) is 3.55. The van der Waals surface area contributed by atoms with Crippen molar-refractivity contribution < 1.29 is 9.90 Å². The van der Waals surface area contributed by atoms with Gasteiger partial charge in [-0.05, 0) is 47.7 Å². The molecule has 3 heteroatoms. The smallest absolute Gasteiger partial charge is 0.325 e. The SMILES string of the molecule is CC(Nc1ccc2c(c1)Cc1ccccc1-2)C(=O)O. The van der Waals surface area contributed by atoms with E-state index in [4.69, 9.17) is 5.11 Å². The molecular weight excluding hydrogens is 238 g/mol. The first-order valence-electron chi connectivity index (χ1n) is 6.35. The van der Waals surface area contributed by atoms with Crippen LogP contribution in [0.2, 0.25) is 0 Å². The molecule has 0 saturated carbocycles. The second-order valence-electron chi connectivity index (χ2n) is 4.91. The summed E-state index contributed by atoms with van der Waals surface area (Å²) < 4.78 is 0. The van der Waals surface area contributed by atoms with Gasteiger partial charge in [0.05, 0.1) is 0 Å². The highest BCUT2D eigenvalue weighted by Crippen LogP contribution is 2.37. The van der Waals surface area contributed by atoms with Crippen molar-refractivity contribution in [3.63, 3.8) is 0 Å². The first-order valence-corrected chi connectivity index (χ1v) is 6.35. The van der Waals surface area contributed by atoms with Gasteiger partial charge in [-0.15, -0.1) is 0 Å². The molecular formula is C16H15NO2. The van der Waals surface area contributed by atoms with Gasteiger partial charge in [0.1, 0.15) is 6.04 Å². The maximum Gasteiger partial charge on any atom is 0.325 e. The van der Waals surface area contributed by atoms with Crippen LogP contribution < -0.4 is 5.32 Å². The minimum Gasteiger partial charge on any atom is -0.480 e. The molecule has 0 saturated heterocycles. The minimum atomic E-state index is -0.844. The summed E-state index contributed by atoms with van der Waals surface area (Å²) in [6.45, 7) is 1.64. The fourth-order valence-electron chi connectivity index (χ4n) is 2.55. The van der Waals surface area contributed by atoms with Crippen LogP contribution in [0.15, 0.2) is 42.5 Å². The van der Waals surface area contributed by atoms with Crippen LogP contribution in [0.25, 0.3) is 11.1 Å². The molecule has 0 radical (unpaired) electrons. The number of rotatable bonds is 3. The molecule has 0 heterocycles. The molecule has 1 atom stereocenters. The van der Waals surface area contributed by atoms with Crippen molar-refractivity contribution in [2.45, 2.75) is 19.4 Å². The zero-order chi connectivity index (χ0) is 13.4. The van der Waals surface area contributed by atoms with Gasteiger partial charge in [0.15, 0.2) is 0 Å². The molecule has 0 aliphatic heterocycles. The van der Waals surface area contributed by atoms with E-state index >= 15 is 0 Å². The number of nitrogens with one attached hydrogen (secondary N) is 1. The van der Waals surface area contributed by atoms with Gasteiger partial charge >= 0.3 is 5.97 Å². The first-order chi connectivity index (χ1) is 9.15. The maximum atomic E-state index is 10.9. The number of aliphatic carboxylic acids is 1. The van der Waals surface area contributed by atoms with Crippen LogP contribution in [-0.4, -0.2) is 17.1 Å². The van der Waals surface area contributed by atoms with Crippen LogP contribution >= 0.6 is 0 Å². The van der Waals surface area contributed by atoms with Gasteiger partial charge in [-0.3, -0.25) is 4.79 Å². The number of hydrogen-bond acceptors (Lipinski definition) is 2. The van der Waals surface area contributed by atoms with E-state index in [2.05, 4.69) is 35.6 Å². The predicted octanol–water partition coefficient (Wildman–Crippen LogP) is 3.14. The lowest BCUT2D eigenvalue weighted by molar-refractivity contribution is -0.137. The van der Waals surface area contributed by atoms with E-state index in [1.807, 2.05) is 12.1 Å². The Morgan fingerprint density at radius 2 is 1.89 bits per heavy atom. The van der Waals surface area contributed by atoms with Crippen molar-refractivity contribution >= 4 is 11.7 Å². The number of benzene rings is 2. The second-order valence-corrected chi connectivity index (χ2v) is 4.91. The molecule has 19 heavy (non-hydrogen) atoms. The number of fused-ring (bicyclic) bond motifs is 3. The summed E-state index contributed by atoms with van der Waals surface area (Å²) in [7, 11) is 0. The number of carbonyl (C=O) groups is 1. The summed E-state index contributed by atoms with van der Waals surface area (Å²) in [5, 5.41) is 11.9. The van der Waals surface area contributed by atoms with E-state index in [1.54, 1.807) is 6.92 Å². The summed E-state index contributed by atoms with van der Waals surface area (Å²) >= 11 is 0. The van der Waals surface area contributed by atoms with Crippen LogP contribution in [0, 0.1) is 0 Å². The number of hydrogen-bond donors (Lipinski definition) is 2. The molecule has 1 aliphatic carbocycles. The van der Waals surface area contributed by atoms with Crippen molar-refractivity contribution in [3.8, 4) is 11.1 Å². The van der Waals surface area contributed by atoms with Gasteiger partial charge in [-0.25, -0.2) is 0 Å². The first kappa shape index (κ1) is 11.8. The van der Waals surface area contributed by atoms with E-state index in [0.717, 1.165) is 12.1 Å². The normalized spacial score (nSPS) is 13.5. The number of anilines is 1. The molecule has 96 valence electrons. The Morgan fingerprint density at radius 3 is 2.68 bits per heavy atom. The predicted molar refractivity (Wildman–Crippen MR) is 75.4 cm³/mol. The molecule has 0 aromatic heterocycles. The highest BCUT2D eigenvalue weighted by Gasteiger charge is 2.18. The van der Waals surface area contributed by atoms with E-state index in [-0.39, 0.29) is 0 Å². The molecule has 0 amide bonds. The number of carboxylic acids is 1. The van der Waals surface area contributed by atoms with Crippen LogP contribution in [0.5, 0.6) is 0 Å². The molecule has 1 unspecified atom stereocenters. The quantitative estimate of drug-likeness (QED) is 0.754. The summed E-state index contributed by atoms with van der Waals surface area (Å²) in [6, 6.07) is 13.9. The van der Waals surface area contributed by atoms with Gasteiger partial charge < -0.3 is 10.4 Å². The van der Waals surface area contributed by atoms with Crippen LogP contribution in [0.1, 0.15) is 18.1 Å². The molecule has 3 nitrogen and oxygen atoms in total. The molecule has 1 aliphatic rings. The maximum absolute atomic E-state index is 10.9. The summed E-state index contributed by atoms with van der Waals surface area (Å²) in [6.07, 6.45) is 0.919.